The number of likely N-dealkylation sites (N-methyl/N-ethyl adjacent to an activating group) is 1. The van der Waals surface area contributed by atoms with E-state index in [-0.39, 0.29) is 17.2 Å². The highest BCUT2D eigenvalue weighted by Gasteiger charge is 2.21. The predicted octanol–water partition coefficient (Wildman–Crippen LogP) is 3.71. The highest BCUT2D eigenvalue weighted by atomic mass is 16.5. The van der Waals surface area contributed by atoms with Crippen LogP contribution in [0.4, 0.5) is 11.4 Å². The maximum absolute atomic E-state index is 12.9. The molecule has 4 rings (SSSR count). The second-order valence-corrected chi connectivity index (χ2v) is 8.61. The van der Waals surface area contributed by atoms with Crippen LogP contribution in [0.1, 0.15) is 28.4 Å². The first-order valence-electron chi connectivity index (χ1n) is 11.6. The van der Waals surface area contributed by atoms with Crippen molar-refractivity contribution >= 4 is 17.3 Å². The number of hydrogen-bond acceptors (Lipinski definition) is 6. The molecular formula is C26H31N5O3. The van der Waals surface area contributed by atoms with Crippen LogP contribution in [0.2, 0.25) is 0 Å². The molecule has 2 heterocycles. The Balaban J connectivity index is 1.53. The minimum absolute atomic E-state index is 0.0287. The zero-order chi connectivity index (χ0) is 24.2. The van der Waals surface area contributed by atoms with Gasteiger partial charge in [-0.3, -0.25) is 9.59 Å². The maximum atomic E-state index is 12.9. The number of aryl methyl sites for hydroxylation is 3. The van der Waals surface area contributed by atoms with E-state index in [0.29, 0.717) is 22.7 Å². The first-order valence-corrected chi connectivity index (χ1v) is 11.6. The monoisotopic (exact) mass is 461 g/mol. The lowest BCUT2D eigenvalue weighted by Gasteiger charge is -2.34. The highest BCUT2D eigenvalue weighted by Crippen LogP contribution is 2.30. The molecule has 0 saturated carbocycles. The Morgan fingerprint density at radius 2 is 1.74 bits per heavy atom. The molecule has 34 heavy (non-hydrogen) atoms. The molecule has 1 N–H and O–H groups in total. The molecule has 178 valence electrons. The number of nitrogens with zero attached hydrogens (tertiary/aromatic N) is 4. The smallest absolute Gasteiger partial charge is 0.294 e. The number of hydrogen-bond donors (Lipinski definition) is 1. The van der Waals surface area contributed by atoms with Crippen molar-refractivity contribution in [3.63, 3.8) is 0 Å². The Morgan fingerprint density at radius 3 is 2.38 bits per heavy atom. The Kier molecular flexibility index (Phi) is 6.98. The van der Waals surface area contributed by atoms with Gasteiger partial charge >= 0.3 is 0 Å². The number of piperazine rings is 1. The van der Waals surface area contributed by atoms with Gasteiger partial charge in [-0.2, -0.15) is 5.10 Å². The average Bonchev–Trinajstić information content (AvgIpc) is 2.85. The van der Waals surface area contributed by atoms with Gasteiger partial charge in [-0.15, -0.1) is 0 Å². The molecule has 0 atom stereocenters. The van der Waals surface area contributed by atoms with Gasteiger partial charge in [0.2, 0.25) is 0 Å². The van der Waals surface area contributed by atoms with Gasteiger partial charge in [0.1, 0.15) is 5.75 Å². The van der Waals surface area contributed by atoms with Crippen molar-refractivity contribution in [3.05, 3.63) is 75.7 Å². The minimum Gasteiger partial charge on any atom is -0.453 e. The van der Waals surface area contributed by atoms with Gasteiger partial charge in [0, 0.05) is 44.5 Å². The van der Waals surface area contributed by atoms with Crippen LogP contribution < -0.4 is 15.6 Å². The summed E-state index contributed by atoms with van der Waals surface area (Å²) in [4.78, 5) is 30.0. The molecule has 0 radical (unpaired) electrons. The molecule has 1 saturated heterocycles. The number of ether oxygens (including phenoxy) is 1. The quantitative estimate of drug-likeness (QED) is 0.603. The number of aromatic nitrogens is 2. The fourth-order valence-corrected chi connectivity index (χ4v) is 4.04. The van der Waals surface area contributed by atoms with Crippen LogP contribution in [0, 0.1) is 13.8 Å². The van der Waals surface area contributed by atoms with E-state index >= 15 is 0 Å². The fraction of sp³-hybridized carbons (Fsp3) is 0.346. The largest absolute Gasteiger partial charge is 0.453 e. The van der Waals surface area contributed by atoms with Gasteiger partial charge in [-0.05, 0) is 56.3 Å². The lowest BCUT2D eigenvalue weighted by Crippen LogP contribution is -2.48. The van der Waals surface area contributed by atoms with E-state index in [4.69, 9.17) is 4.74 Å². The van der Waals surface area contributed by atoms with Crippen LogP contribution in [0.15, 0.2) is 53.5 Å². The van der Waals surface area contributed by atoms with Gasteiger partial charge in [0.25, 0.3) is 11.5 Å². The van der Waals surface area contributed by atoms with Crippen LogP contribution in [0.3, 0.4) is 0 Å². The molecule has 1 amide bonds. The lowest BCUT2D eigenvalue weighted by molar-refractivity contribution is 0.0643. The van der Waals surface area contributed by atoms with Crippen LogP contribution in [0.25, 0.3) is 0 Å². The summed E-state index contributed by atoms with van der Waals surface area (Å²) >= 11 is 0. The van der Waals surface area contributed by atoms with Gasteiger partial charge in [-0.25, -0.2) is 4.68 Å². The summed E-state index contributed by atoms with van der Waals surface area (Å²) in [5.74, 6) is 1.03. The van der Waals surface area contributed by atoms with E-state index in [9.17, 15) is 9.59 Å². The summed E-state index contributed by atoms with van der Waals surface area (Å²) in [6, 6.07) is 13.0. The van der Waals surface area contributed by atoms with Crippen LogP contribution >= 0.6 is 0 Å². The van der Waals surface area contributed by atoms with E-state index in [1.807, 2.05) is 36.9 Å². The van der Waals surface area contributed by atoms with E-state index in [1.54, 1.807) is 31.3 Å². The van der Waals surface area contributed by atoms with Crippen LogP contribution in [-0.4, -0.2) is 58.2 Å². The number of carbonyl (C=O) groups is 1. The van der Waals surface area contributed by atoms with E-state index in [2.05, 4.69) is 22.2 Å². The van der Waals surface area contributed by atoms with Crippen molar-refractivity contribution in [1.82, 2.24) is 19.6 Å². The molecule has 1 aromatic heterocycles. The highest BCUT2D eigenvalue weighted by molar-refractivity contribution is 5.94. The van der Waals surface area contributed by atoms with Crippen molar-refractivity contribution in [1.29, 1.82) is 0 Å². The molecule has 0 aliphatic carbocycles. The number of carbonyl (C=O) groups excluding carboxylic acids is 1. The molecule has 3 aromatic rings. The van der Waals surface area contributed by atoms with Gasteiger partial charge in [0.15, 0.2) is 11.4 Å². The molecule has 0 unspecified atom stereocenters. The molecular weight excluding hydrogens is 430 g/mol. The summed E-state index contributed by atoms with van der Waals surface area (Å²) in [7, 11) is 1.59. The normalized spacial score (nSPS) is 14.2. The van der Waals surface area contributed by atoms with Crippen molar-refractivity contribution in [2.75, 3.05) is 38.0 Å². The second kappa shape index (κ2) is 10.1. The predicted molar refractivity (Wildman–Crippen MR) is 133 cm³/mol. The maximum Gasteiger partial charge on any atom is 0.294 e. The first kappa shape index (κ1) is 23.5. The SMILES string of the molecule is CCN1CCN(C(=O)c2ccc(Nc3c(Oc4ccc(C)cc4C)cnn(C)c3=O)cc2)CC1. The molecule has 0 bridgehead atoms. The summed E-state index contributed by atoms with van der Waals surface area (Å²) in [6.07, 6.45) is 1.52. The zero-order valence-corrected chi connectivity index (χ0v) is 20.2. The second-order valence-electron chi connectivity index (χ2n) is 8.61. The van der Waals surface area contributed by atoms with E-state index < -0.39 is 0 Å². The van der Waals surface area contributed by atoms with Crippen molar-refractivity contribution in [3.8, 4) is 11.5 Å². The summed E-state index contributed by atoms with van der Waals surface area (Å²) in [6.45, 7) is 10.4. The molecule has 8 nitrogen and oxygen atoms in total. The van der Waals surface area contributed by atoms with E-state index in [1.165, 1.54) is 10.9 Å². The molecule has 2 aromatic carbocycles. The number of anilines is 2. The third-order valence-electron chi connectivity index (χ3n) is 6.16. The Bertz CT molecular complexity index is 1230. The molecule has 1 aliphatic rings. The van der Waals surface area contributed by atoms with Crippen molar-refractivity contribution in [2.24, 2.45) is 7.05 Å². The topological polar surface area (TPSA) is 79.7 Å². The van der Waals surface area contributed by atoms with Gasteiger partial charge in [-0.1, -0.05) is 24.6 Å². The lowest BCUT2D eigenvalue weighted by atomic mass is 10.1. The van der Waals surface area contributed by atoms with Crippen molar-refractivity contribution < 1.29 is 9.53 Å². The van der Waals surface area contributed by atoms with Crippen LogP contribution in [0.5, 0.6) is 11.5 Å². The van der Waals surface area contributed by atoms with Gasteiger partial charge in [0.05, 0.1) is 6.20 Å². The first-order chi connectivity index (χ1) is 16.4. The number of amides is 1. The van der Waals surface area contributed by atoms with Gasteiger partial charge < -0.3 is 19.9 Å². The summed E-state index contributed by atoms with van der Waals surface area (Å²) < 4.78 is 7.31. The molecule has 0 spiro atoms. The standard InChI is InChI=1S/C26H31N5O3/c1-5-30-12-14-31(15-13-30)25(32)20-7-9-21(10-8-20)28-24-23(17-27-29(4)26(24)33)34-22-11-6-18(2)16-19(22)3/h6-11,16-17,28H,5,12-15H2,1-4H3. The fourth-order valence-electron chi connectivity index (χ4n) is 4.04. The Morgan fingerprint density at radius 1 is 1.03 bits per heavy atom. The Labute approximate surface area is 199 Å². The molecule has 1 fully saturated rings. The third kappa shape index (κ3) is 5.12. The number of rotatable bonds is 6. The Hall–Kier alpha value is -3.65. The molecule has 8 heteroatoms. The number of benzene rings is 2. The average molecular weight is 462 g/mol. The molecule has 1 aliphatic heterocycles. The van der Waals surface area contributed by atoms with Crippen LogP contribution in [-0.2, 0) is 7.05 Å². The minimum atomic E-state index is -0.309. The zero-order valence-electron chi connectivity index (χ0n) is 20.2. The van der Waals surface area contributed by atoms with Crippen molar-refractivity contribution in [2.45, 2.75) is 20.8 Å². The third-order valence-corrected chi connectivity index (χ3v) is 6.16. The van der Waals surface area contributed by atoms with E-state index in [0.717, 1.165) is 43.9 Å². The number of nitrogens with one attached hydrogen (secondary N) is 1. The summed E-state index contributed by atoms with van der Waals surface area (Å²) in [5, 5.41) is 7.27. The summed E-state index contributed by atoms with van der Waals surface area (Å²) in [5.41, 5.74) is 3.39.